The summed E-state index contributed by atoms with van der Waals surface area (Å²) in [5.74, 6) is 1.66. The van der Waals surface area contributed by atoms with Crippen molar-refractivity contribution in [1.82, 2.24) is 15.0 Å². The van der Waals surface area contributed by atoms with Crippen molar-refractivity contribution in [1.29, 1.82) is 0 Å². The number of hydrogen-bond acceptors (Lipinski definition) is 13. The predicted octanol–water partition coefficient (Wildman–Crippen LogP) is 1.17. The van der Waals surface area contributed by atoms with E-state index in [1.807, 2.05) is 30.8 Å². The summed E-state index contributed by atoms with van der Waals surface area (Å²) in [4.78, 5) is 17.6. The van der Waals surface area contributed by atoms with Crippen LogP contribution in [0.2, 0.25) is 0 Å². The van der Waals surface area contributed by atoms with Crippen LogP contribution in [0.4, 0.5) is 11.9 Å². The van der Waals surface area contributed by atoms with Crippen LogP contribution in [0.3, 0.4) is 0 Å². The van der Waals surface area contributed by atoms with E-state index in [0.29, 0.717) is 123 Å². The fourth-order valence-electron chi connectivity index (χ4n) is 2.92. The van der Waals surface area contributed by atoms with Gasteiger partial charge in [0.15, 0.2) is 5.82 Å². The van der Waals surface area contributed by atoms with Crippen molar-refractivity contribution in [2.45, 2.75) is 6.92 Å². The van der Waals surface area contributed by atoms with E-state index in [1.165, 1.54) is 0 Å². The summed E-state index contributed by atoms with van der Waals surface area (Å²) in [6, 6.07) is 0. The van der Waals surface area contributed by atoms with Gasteiger partial charge < -0.3 is 47.7 Å². The van der Waals surface area contributed by atoms with Crippen molar-refractivity contribution in [2.75, 3.05) is 144 Å². The molecule has 39 heavy (non-hydrogen) atoms. The third-order valence-electron chi connectivity index (χ3n) is 5.04. The highest BCUT2D eigenvalue weighted by Crippen LogP contribution is 2.16. The molecule has 0 aromatic carbocycles. The van der Waals surface area contributed by atoms with Gasteiger partial charge in [-0.2, -0.15) is 15.0 Å². The molecule has 1 rings (SSSR count). The number of ether oxygens (including phenoxy) is 8. The highest BCUT2D eigenvalue weighted by molar-refractivity contribution is 5.57. The van der Waals surface area contributed by atoms with E-state index in [0.717, 1.165) is 5.57 Å². The highest BCUT2D eigenvalue weighted by atomic mass is 16.6. The maximum absolute atomic E-state index is 5.79. The van der Waals surface area contributed by atoms with E-state index in [1.54, 1.807) is 14.2 Å². The summed E-state index contributed by atoms with van der Waals surface area (Å²) in [7, 11) is 7.08. The van der Waals surface area contributed by atoms with Crippen LogP contribution in [-0.4, -0.2) is 149 Å². The van der Waals surface area contributed by atoms with E-state index in [4.69, 9.17) is 37.9 Å². The maximum Gasteiger partial charge on any atom is 0.230 e. The number of nitrogens with zero attached hydrogens (tertiary/aromatic N) is 5. The summed E-state index contributed by atoms with van der Waals surface area (Å²) in [5, 5.41) is 0. The van der Waals surface area contributed by atoms with Crippen molar-refractivity contribution < 1.29 is 37.9 Å². The molecule has 1 aromatic rings. The number of anilines is 2. The average Bonchev–Trinajstić information content (AvgIpc) is 2.93. The molecule has 1 heterocycles. The zero-order chi connectivity index (χ0) is 28.6. The van der Waals surface area contributed by atoms with Gasteiger partial charge in [0.05, 0.1) is 92.5 Å². The Balaban J connectivity index is 2.48. The van der Waals surface area contributed by atoms with Gasteiger partial charge in [-0.05, 0) is 12.5 Å². The van der Waals surface area contributed by atoms with Crippen LogP contribution in [0.15, 0.2) is 6.58 Å². The van der Waals surface area contributed by atoms with Gasteiger partial charge in [-0.25, -0.2) is 0 Å². The monoisotopic (exact) mass is 559 g/mol. The molecule has 13 nitrogen and oxygen atoms in total. The molecular weight excluding hydrogens is 510 g/mol. The second-order valence-electron chi connectivity index (χ2n) is 8.58. The molecule has 0 atom stereocenters. The Morgan fingerprint density at radius 3 is 1.28 bits per heavy atom. The molecule has 0 N–H and O–H groups in total. The van der Waals surface area contributed by atoms with E-state index in [9.17, 15) is 0 Å². The lowest BCUT2D eigenvalue weighted by Gasteiger charge is -2.24. The van der Waals surface area contributed by atoms with Crippen molar-refractivity contribution in [3.8, 4) is 0 Å². The lowest BCUT2D eigenvalue weighted by Crippen LogP contribution is -2.34. The van der Waals surface area contributed by atoms with E-state index >= 15 is 0 Å². The first-order valence-corrected chi connectivity index (χ1v) is 13.3. The summed E-state index contributed by atoms with van der Waals surface area (Å²) in [6.45, 7) is 14.3. The van der Waals surface area contributed by atoms with Crippen molar-refractivity contribution in [3.05, 3.63) is 12.4 Å². The number of aromatic nitrogens is 3. The molecule has 0 aliphatic carbocycles. The lowest BCUT2D eigenvalue weighted by atomic mass is 10.3. The molecule has 0 amide bonds. The van der Waals surface area contributed by atoms with Crippen molar-refractivity contribution in [3.63, 3.8) is 0 Å². The van der Waals surface area contributed by atoms with Gasteiger partial charge in [-0.1, -0.05) is 6.58 Å². The molecule has 13 heteroatoms. The van der Waals surface area contributed by atoms with Crippen molar-refractivity contribution in [2.24, 2.45) is 0 Å². The Bertz CT molecular complexity index is 718. The molecular formula is C26H49N5O8. The first-order chi connectivity index (χ1) is 19.0. The topological polar surface area (TPSA) is 119 Å². The first-order valence-electron chi connectivity index (χ1n) is 13.3. The zero-order valence-corrected chi connectivity index (χ0v) is 24.5. The predicted molar refractivity (Wildman–Crippen MR) is 150 cm³/mol. The Hall–Kier alpha value is -1.97. The molecule has 0 fully saturated rings. The SMILES string of the molecule is C=C(C)c1nc(N(C)C)nc(N(CCOCCOCCOCCOC)CCOCCOCCOCCOC)n1. The van der Waals surface area contributed by atoms with Gasteiger partial charge in [0, 0.05) is 41.4 Å². The van der Waals surface area contributed by atoms with Crippen LogP contribution in [0.1, 0.15) is 12.7 Å². The molecule has 0 spiro atoms. The van der Waals surface area contributed by atoms with Crippen LogP contribution in [0.5, 0.6) is 0 Å². The highest BCUT2D eigenvalue weighted by Gasteiger charge is 2.15. The van der Waals surface area contributed by atoms with E-state index in [-0.39, 0.29) is 0 Å². The van der Waals surface area contributed by atoms with Crippen LogP contribution >= 0.6 is 0 Å². The third-order valence-corrected chi connectivity index (χ3v) is 5.04. The normalized spacial score (nSPS) is 11.2. The van der Waals surface area contributed by atoms with Crippen molar-refractivity contribution >= 4 is 17.5 Å². The van der Waals surface area contributed by atoms with Crippen LogP contribution in [-0.2, 0) is 37.9 Å². The Morgan fingerprint density at radius 2 is 0.923 bits per heavy atom. The van der Waals surface area contributed by atoms with Gasteiger partial charge in [0.2, 0.25) is 11.9 Å². The molecule has 0 unspecified atom stereocenters. The summed E-state index contributed by atoms with van der Waals surface area (Å²) in [5.41, 5.74) is 0.765. The van der Waals surface area contributed by atoms with Crippen LogP contribution in [0.25, 0.3) is 5.57 Å². The quantitative estimate of drug-likeness (QED) is 0.144. The van der Waals surface area contributed by atoms with Gasteiger partial charge in [-0.3, -0.25) is 0 Å². The fourth-order valence-corrected chi connectivity index (χ4v) is 2.92. The maximum atomic E-state index is 5.79. The fraction of sp³-hybridized carbons (Fsp3) is 0.808. The largest absolute Gasteiger partial charge is 0.382 e. The van der Waals surface area contributed by atoms with E-state index < -0.39 is 0 Å². The molecule has 0 aliphatic heterocycles. The molecule has 0 saturated heterocycles. The molecule has 0 saturated carbocycles. The average molecular weight is 560 g/mol. The summed E-state index contributed by atoms with van der Waals surface area (Å²) >= 11 is 0. The summed E-state index contributed by atoms with van der Waals surface area (Å²) < 4.78 is 43.3. The molecule has 226 valence electrons. The molecule has 1 aromatic heterocycles. The number of rotatable bonds is 27. The molecule has 0 radical (unpaired) electrons. The Kier molecular flexibility index (Phi) is 21.5. The van der Waals surface area contributed by atoms with Crippen LogP contribution < -0.4 is 9.80 Å². The number of allylic oxidation sites excluding steroid dienone is 1. The third kappa shape index (κ3) is 18.1. The standard InChI is InChI=1S/C26H49N5O8/c1-23(2)24-27-25(30(3)4)29-26(28-24)31(7-9-34-15-17-38-21-19-36-13-11-32-5)8-10-35-16-18-39-22-20-37-14-12-33-6/h1,7-22H2,2-6H3. The molecule has 0 bridgehead atoms. The minimum atomic E-state index is 0.477. The Labute approximate surface area is 233 Å². The lowest BCUT2D eigenvalue weighted by molar-refractivity contribution is 0.00297. The second-order valence-corrected chi connectivity index (χ2v) is 8.58. The van der Waals surface area contributed by atoms with Gasteiger partial charge >= 0.3 is 0 Å². The zero-order valence-electron chi connectivity index (χ0n) is 24.5. The van der Waals surface area contributed by atoms with Gasteiger partial charge in [0.25, 0.3) is 0 Å². The summed E-state index contributed by atoms with van der Waals surface area (Å²) in [6.07, 6.45) is 0. The van der Waals surface area contributed by atoms with Crippen LogP contribution in [0, 0.1) is 0 Å². The second kappa shape index (κ2) is 23.9. The smallest absolute Gasteiger partial charge is 0.230 e. The first kappa shape index (κ1) is 35.1. The van der Waals surface area contributed by atoms with E-state index in [2.05, 4.69) is 21.5 Å². The minimum absolute atomic E-state index is 0.477. The number of hydrogen-bond donors (Lipinski definition) is 0. The Morgan fingerprint density at radius 1 is 0.564 bits per heavy atom. The molecule has 0 aliphatic rings. The minimum Gasteiger partial charge on any atom is -0.382 e. The number of methoxy groups -OCH3 is 2. The van der Waals surface area contributed by atoms with Gasteiger partial charge in [-0.15, -0.1) is 0 Å². The van der Waals surface area contributed by atoms with Gasteiger partial charge in [0.1, 0.15) is 0 Å².